The van der Waals surface area contributed by atoms with Crippen LogP contribution in [0.1, 0.15) is 27.2 Å². The molecular weight excluding hydrogens is 178 g/mol. The molecule has 1 heterocycles. The monoisotopic (exact) mass is 197 g/mol. The zero-order chi connectivity index (χ0) is 10.5. The average Bonchev–Trinajstić information content (AvgIpc) is 2.75. The fraction of sp³-hybridized carbons (Fsp3) is 0.909. The second-order valence-electron chi connectivity index (χ2n) is 5.27. The summed E-state index contributed by atoms with van der Waals surface area (Å²) in [6.45, 7) is 7.18. The lowest BCUT2D eigenvalue weighted by molar-refractivity contribution is -0.165. The molecule has 0 radical (unpaired) electrons. The highest BCUT2D eigenvalue weighted by atomic mass is 16.3. The molecule has 2 aliphatic rings. The molecule has 1 saturated carbocycles. The van der Waals surface area contributed by atoms with Crippen molar-refractivity contribution in [2.45, 2.75) is 32.8 Å². The van der Waals surface area contributed by atoms with E-state index in [1.807, 2.05) is 13.8 Å². The third-order valence-corrected chi connectivity index (χ3v) is 3.74. The maximum Gasteiger partial charge on any atom is 0.226 e. The summed E-state index contributed by atoms with van der Waals surface area (Å²) in [5, 5.41) is 9.98. The number of hydrogen-bond acceptors (Lipinski definition) is 2. The molecule has 2 atom stereocenters. The van der Waals surface area contributed by atoms with Gasteiger partial charge in [-0.25, -0.2) is 0 Å². The van der Waals surface area contributed by atoms with Crippen molar-refractivity contribution in [2.75, 3.05) is 13.1 Å². The van der Waals surface area contributed by atoms with Crippen molar-refractivity contribution in [1.82, 2.24) is 4.90 Å². The van der Waals surface area contributed by atoms with Gasteiger partial charge in [0.2, 0.25) is 5.91 Å². The predicted molar refractivity (Wildman–Crippen MR) is 53.6 cm³/mol. The molecule has 1 aliphatic carbocycles. The van der Waals surface area contributed by atoms with Crippen LogP contribution in [0.3, 0.4) is 0 Å². The van der Waals surface area contributed by atoms with E-state index in [0.717, 1.165) is 6.42 Å². The second-order valence-corrected chi connectivity index (χ2v) is 5.27. The Morgan fingerprint density at radius 2 is 2.00 bits per heavy atom. The molecule has 0 aromatic carbocycles. The first kappa shape index (κ1) is 9.97. The Morgan fingerprint density at radius 3 is 2.36 bits per heavy atom. The third-order valence-electron chi connectivity index (χ3n) is 3.74. The first-order chi connectivity index (χ1) is 6.44. The molecule has 1 saturated heterocycles. The molecule has 0 aromatic rings. The zero-order valence-electron chi connectivity index (χ0n) is 9.16. The maximum atomic E-state index is 11.7. The number of amides is 1. The van der Waals surface area contributed by atoms with Crippen molar-refractivity contribution >= 4 is 5.91 Å². The number of carbonyl (C=O) groups is 1. The fourth-order valence-electron chi connectivity index (χ4n) is 2.04. The number of aliphatic hydroxyl groups is 1. The molecule has 1 amide bonds. The number of hydrogen-bond donors (Lipinski definition) is 1. The highest BCUT2D eigenvalue weighted by Gasteiger charge is 2.50. The lowest BCUT2D eigenvalue weighted by Crippen LogP contribution is -2.66. The molecule has 1 aliphatic heterocycles. The van der Waals surface area contributed by atoms with Gasteiger partial charge in [0.1, 0.15) is 5.60 Å². The van der Waals surface area contributed by atoms with Crippen LogP contribution in [0.15, 0.2) is 0 Å². The number of rotatable bonds is 2. The number of likely N-dealkylation sites (tertiary alicyclic amines) is 1. The van der Waals surface area contributed by atoms with Crippen LogP contribution in [-0.2, 0) is 4.79 Å². The van der Waals surface area contributed by atoms with Crippen molar-refractivity contribution in [3.05, 3.63) is 0 Å². The van der Waals surface area contributed by atoms with Crippen molar-refractivity contribution in [3.8, 4) is 0 Å². The largest absolute Gasteiger partial charge is 0.386 e. The van der Waals surface area contributed by atoms with Gasteiger partial charge in [-0.15, -0.1) is 0 Å². The Kier molecular flexibility index (Phi) is 2.11. The lowest BCUT2D eigenvalue weighted by Gasteiger charge is -2.49. The van der Waals surface area contributed by atoms with Crippen LogP contribution in [0.2, 0.25) is 0 Å². The van der Waals surface area contributed by atoms with Crippen LogP contribution >= 0.6 is 0 Å². The minimum absolute atomic E-state index is 0.239. The van der Waals surface area contributed by atoms with E-state index in [-0.39, 0.29) is 17.7 Å². The van der Waals surface area contributed by atoms with Crippen molar-refractivity contribution < 1.29 is 9.90 Å². The molecule has 2 rings (SSSR count). The van der Waals surface area contributed by atoms with Gasteiger partial charge in [0.25, 0.3) is 0 Å². The summed E-state index contributed by atoms with van der Waals surface area (Å²) in [6.07, 6.45) is 1.04. The Balaban J connectivity index is 1.85. The predicted octanol–water partition coefficient (Wildman–Crippen LogP) is 0.872. The van der Waals surface area contributed by atoms with Crippen LogP contribution in [0.4, 0.5) is 0 Å². The molecule has 2 unspecified atom stereocenters. The first-order valence-electron chi connectivity index (χ1n) is 5.45. The summed E-state index contributed by atoms with van der Waals surface area (Å²) in [7, 11) is 0. The first-order valence-corrected chi connectivity index (χ1v) is 5.45. The molecule has 0 spiro atoms. The van der Waals surface area contributed by atoms with E-state index in [4.69, 9.17) is 0 Å². The average molecular weight is 197 g/mol. The van der Waals surface area contributed by atoms with Crippen molar-refractivity contribution in [3.63, 3.8) is 0 Å². The molecule has 14 heavy (non-hydrogen) atoms. The van der Waals surface area contributed by atoms with Gasteiger partial charge >= 0.3 is 0 Å². The summed E-state index contributed by atoms with van der Waals surface area (Å²) in [5.41, 5.74) is -0.617. The van der Waals surface area contributed by atoms with Crippen LogP contribution in [0.5, 0.6) is 0 Å². The number of carbonyl (C=O) groups excluding carboxylic acids is 1. The molecule has 1 N–H and O–H groups in total. The number of nitrogens with zero attached hydrogens (tertiary/aromatic N) is 1. The van der Waals surface area contributed by atoms with E-state index in [1.54, 1.807) is 4.90 Å². The summed E-state index contributed by atoms with van der Waals surface area (Å²) in [5.74, 6) is 1.31. The molecule has 3 heteroatoms. The van der Waals surface area contributed by atoms with E-state index >= 15 is 0 Å². The van der Waals surface area contributed by atoms with Gasteiger partial charge in [-0.2, -0.15) is 0 Å². The lowest BCUT2D eigenvalue weighted by atomic mass is 9.83. The molecule has 0 aromatic heterocycles. The van der Waals surface area contributed by atoms with Crippen LogP contribution in [-0.4, -0.2) is 34.6 Å². The molecule has 2 fully saturated rings. The van der Waals surface area contributed by atoms with E-state index < -0.39 is 5.60 Å². The van der Waals surface area contributed by atoms with Gasteiger partial charge in [0, 0.05) is 5.92 Å². The SMILES string of the molecule is CC1CC1C(=O)N1CC(O)(C(C)C)C1. The Bertz CT molecular complexity index is 256. The quantitative estimate of drug-likeness (QED) is 0.713. The molecule has 0 bridgehead atoms. The minimum atomic E-state index is -0.617. The minimum Gasteiger partial charge on any atom is -0.386 e. The van der Waals surface area contributed by atoms with Crippen LogP contribution in [0, 0.1) is 17.8 Å². The Labute approximate surface area is 85.1 Å². The summed E-state index contributed by atoms with van der Waals surface area (Å²) in [6, 6.07) is 0. The Hall–Kier alpha value is -0.570. The summed E-state index contributed by atoms with van der Waals surface area (Å²) < 4.78 is 0. The fourth-order valence-corrected chi connectivity index (χ4v) is 2.04. The molecule has 80 valence electrons. The van der Waals surface area contributed by atoms with E-state index in [1.165, 1.54) is 0 Å². The standard InChI is InChI=1S/C11H19NO2/c1-7(2)11(14)5-12(6-11)10(13)9-4-8(9)3/h7-9,14H,4-6H2,1-3H3. The van der Waals surface area contributed by atoms with E-state index in [0.29, 0.717) is 19.0 Å². The highest BCUT2D eigenvalue weighted by Crippen LogP contribution is 2.41. The highest BCUT2D eigenvalue weighted by molar-refractivity contribution is 5.82. The van der Waals surface area contributed by atoms with E-state index in [9.17, 15) is 9.90 Å². The molecular formula is C11H19NO2. The zero-order valence-corrected chi connectivity index (χ0v) is 9.16. The maximum absolute atomic E-state index is 11.7. The summed E-state index contributed by atoms with van der Waals surface area (Å²) >= 11 is 0. The second kappa shape index (κ2) is 2.96. The molecule has 3 nitrogen and oxygen atoms in total. The van der Waals surface area contributed by atoms with Gasteiger partial charge in [0.15, 0.2) is 0 Å². The van der Waals surface area contributed by atoms with Gasteiger partial charge in [-0.1, -0.05) is 20.8 Å². The van der Waals surface area contributed by atoms with Gasteiger partial charge in [-0.3, -0.25) is 4.79 Å². The van der Waals surface area contributed by atoms with E-state index in [2.05, 4.69) is 6.92 Å². The number of β-amino-alcohol motifs (C(OH)–C–C–N with tert-alkyl or cyclic N) is 1. The normalized spacial score (nSPS) is 34.2. The van der Waals surface area contributed by atoms with Gasteiger partial charge < -0.3 is 10.0 Å². The van der Waals surface area contributed by atoms with Crippen molar-refractivity contribution in [2.24, 2.45) is 17.8 Å². The summed E-state index contributed by atoms with van der Waals surface area (Å²) in [4.78, 5) is 13.5. The topological polar surface area (TPSA) is 40.5 Å². The third kappa shape index (κ3) is 1.44. The van der Waals surface area contributed by atoms with Crippen LogP contribution < -0.4 is 0 Å². The van der Waals surface area contributed by atoms with Crippen molar-refractivity contribution in [1.29, 1.82) is 0 Å². The smallest absolute Gasteiger partial charge is 0.226 e. The van der Waals surface area contributed by atoms with Crippen LogP contribution in [0.25, 0.3) is 0 Å². The van der Waals surface area contributed by atoms with Gasteiger partial charge in [-0.05, 0) is 18.3 Å². The Morgan fingerprint density at radius 1 is 1.50 bits per heavy atom. The van der Waals surface area contributed by atoms with Gasteiger partial charge in [0.05, 0.1) is 13.1 Å².